The van der Waals surface area contributed by atoms with Crippen LogP contribution in [0.3, 0.4) is 0 Å². The first-order valence-corrected chi connectivity index (χ1v) is 3.71. The first-order valence-electron chi connectivity index (χ1n) is 3.71. The Bertz CT molecular complexity index is 290. The third-order valence-electron chi connectivity index (χ3n) is 1.92. The van der Waals surface area contributed by atoms with Crippen LogP contribution >= 0.6 is 0 Å². The molecule has 2 rings (SSSR count). The van der Waals surface area contributed by atoms with E-state index in [1.165, 1.54) is 6.26 Å². The van der Waals surface area contributed by atoms with Gasteiger partial charge in [-0.05, 0) is 12.8 Å². The Hall–Kier alpha value is -1.36. The number of amides is 1. The van der Waals surface area contributed by atoms with E-state index in [1.807, 2.05) is 0 Å². The predicted molar refractivity (Wildman–Crippen MR) is 41.3 cm³/mol. The van der Waals surface area contributed by atoms with Gasteiger partial charge in [-0.1, -0.05) is 5.16 Å². The molecule has 1 fully saturated rings. The largest absolute Gasteiger partial charge is 0.363 e. The molecule has 12 heavy (non-hydrogen) atoms. The van der Waals surface area contributed by atoms with Crippen molar-refractivity contribution in [3.63, 3.8) is 0 Å². The van der Waals surface area contributed by atoms with E-state index < -0.39 is 5.54 Å². The van der Waals surface area contributed by atoms with Gasteiger partial charge >= 0.3 is 0 Å². The third-order valence-corrected chi connectivity index (χ3v) is 1.92. The molecule has 0 saturated heterocycles. The van der Waals surface area contributed by atoms with Gasteiger partial charge in [0.15, 0.2) is 5.82 Å². The number of rotatable bonds is 2. The number of hydrogen-bond donors (Lipinski definition) is 2. The number of carbonyl (C=O) groups is 1. The van der Waals surface area contributed by atoms with Crippen molar-refractivity contribution in [2.24, 2.45) is 5.73 Å². The highest BCUT2D eigenvalue weighted by Gasteiger charge is 2.46. The Labute approximate surface area is 68.9 Å². The first kappa shape index (κ1) is 7.30. The Morgan fingerprint density at radius 1 is 1.75 bits per heavy atom. The van der Waals surface area contributed by atoms with Gasteiger partial charge in [0.25, 0.3) is 0 Å². The Morgan fingerprint density at radius 3 is 3.00 bits per heavy atom. The lowest BCUT2D eigenvalue weighted by atomic mass is 10.3. The second-order valence-corrected chi connectivity index (χ2v) is 2.99. The summed E-state index contributed by atoms with van der Waals surface area (Å²) in [6, 6.07) is 1.57. The molecule has 5 heteroatoms. The van der Waals surface area contributed by atoms with Crippen molar-refractivity contribution in [1.29, 1.82) is 0 Å². The molecule has 0 spiro atoms. The van der Waals surface area contributed by atoms with Crippen LogP contribution in [0, 0.1) is 0 Å². The summed E-state index contributed by atoms with van der Waals surface area (Å²) in [7, 11) is 0. The molecule has 0 radical (unpaired) electrons. The summed E-state index contributed by atoms with van der Waals surface area (Å²) in [5, 5.41) is 6.09. The molecule has 1 heterocycles. The lowest BCUT2D eigenvalue weighted by Crippen LogP contribution is -2.37. The highest BCUT2D eigenvalue weighted by molar-refractivity contribution is 5.99. The van der Waals surface area contributed by atoms with E-state index in [4.69, 9.17) is 5.73 Å². The minimum atomic E-state index is -0.654. The molecular weight excluding hydrogens is 158 g/mol. The topological polar surface area (TPSA) is 81.2 Å². The van der Waals surface area contributed by atoms with Gasteiger partial charge in [0.1, 0.15) is 6.26 Å². The van der Waals surface area contributed by atoms with Crippen molar-refractivity contribution in [2.45, 2.75) is 18.4 Å². The maximum Gasteiger partial charge on any atom is 0.245 e. The summed E-state index contributed by atoms with van der Waals surface area (Å²) in [5.41, 5.74) is 4.98. The number of nitrogens with zero attached hydrogens (tertiary/aromatic N) is 1. The van der Waals surface area contributed by atoms with Crippen molar-refractivity contribution in [2.75, 3.05) is 5.32 Å². The van der Waals surface area contributed by atoms with Crippen LogP contribution < -0.4 is 11.1 Å². The molecule has 0 unspecified atom stereocenters. The molecule has 0 aromatic carbocycles. The molecule has 3 N–H and O–H groups in total. The van der Waals surface area contributed by atoms with E-state index in [2.05, 4.69) is 15.0 Å². The summed E-state index contributed by atoms with van der Waals surface area (Å²) < 4.78 is 4.54. The fourth-order valence-corrected chi connectivity index (χ4v) is 0.880. The number of nitrogens with one attached hydrogen (secondary N) is 1. The molecule has 0 atom stereocenters. The van der Waals surface area contributed by atoms with Crippen LogP contribution in [0.5, 0.6) is 0 Å². The third kappa shape index (κ3) is 1.18. The zero-order valence-electron chi connectivity index (χ0n) is 6.41. The van der Waals surface area contributed by atoms with E-state index >= 15 is 0 Å². The van der Waals surface area contributed by atoms with Crippen LogP contribution in [0.25, 0.3) is 0 Å². The lowest BCUT2D eigenvalue weighted by Gasteiger charge is -2.05. The molecule has 64 valence electrons. The van der Waals surface area contributed by atoms with Crippen molar-refractivity contribution < 1.29 is 9.32 Å². The molecule has 1 aliphatic carbocycles. The van der Waals surface area contributed by atoms with Crippen molar-refractivity contribution >= 4 is 11.7 Å². The van der Waals surface area contributed by atoms with E-state index in [0.29, 0.717) is 5.82 Å². The molecule has 1 amide bonds. The van der Waals surface area contributed by atoms with E-state index in [-0.39, 0.29) is 5.91 Å². The summed E-state index contributed by atoms with van der Waals surface area (Å²) in [5.74, 6) is 0.230. The average molecular weight is 167 g/mol. The van der Waals surface area contributed by atoms with Crippen molar-refractivity contribution in [3.05, 3.63) is 12.3 Å². The van der Waals surface area contributed by atoms with Crippen LogP contribution in [0.2, 0.25) is 0 Å². The van der Waals surface area contributed by atoms with Crippen molar-refractivity contribution in [3.8, 4) is 0 Å². The summed E-state index contributed by atoms with van der Waals surface area (Å²) in [4.78, 5) is 11.3. The molecule has 1 aromatic rings. The van der Waals surface area contributed by atoms with E-state index in [9.17, 15) is 4.79 Å². The SMILES string of the molecule is NC1(C(=O)Nc2ccon2)CC1. The summed E-state index contributed by atoms with van der Waals surface area (Å²) in [6.45, 7) is 0. The van der Waals surface area contributed by atoms with Gasteiger partial charge < -0.3 is 15.6 Å². The Morgan fingerprint density at radius 2 is 2.50 bits per heavy atom. The second kappa shape index (κ2) is 2.31. The fraction of sp³-hybridized carbons (Fsp3) is 0.429. The van der Waals surface area contributed by atoms with Crippen LogP contribution in [0.1, 0.15) is 12.8 Å². The fourth-order valence-electron chi connectivity index (χ4n) is 0.880. The number of aromatic nitrogens is 1. The molecular formula is C7H9N3O2. The Balaban J connectivity index is 2.00. The normalized spacial score (nSPS) is 18.8. The standard InChI is InChI=1S/C7H9N3O2/c8-7(2-3-7)6(11)9-5-1-4-12-10-5/h1,4H,2-3,8H2,(H,9,10,11). The highest BCUT2D eigenvalue weighted by atomic mass is 16.5. The van der Waals surface area contributed by atoms with Gasteiger partial charge in [-0.25, -0.2) is 0 Å². The second-order valence-electron chi connectivity index (χ2n) is 2.99. The minimum absolute atomic E-state index is 0.184. The van der Waals surface area contributed by atoms with Crippen LogP contribution in [-0.4, -0.2) is 16.6 Å². The maximum atomic E-state index is 11.3. The molecule has 0 aliphatic heterocycles. The Kier molecular flexibility index (Phi) is 1.41. The molecule has 0 bridgehead atoms. The van der Waals surface area contributed by atoms with E-state index in [0.717, 1.165) is 12.8 Å². The van der Waals surface area contributed by atoms with Gasteiger partial charge in [-0.3, -0.25) is 4.79 Å². The summed E-state index contributed by atoms with van der Waals surface area (Å²) >= 11 is 0. The van der Waals surface area contributed by atoms with Gasteiger partial charge in [0.05, 0.1) is 5.54 Å². The smallest absolute Gasteiger partial charge is 0.245 e. The van der Waals surface area contributed by atoms with Gasteiger partial charge in [0, 0.05) is 6.07 Å². The van der Waals surface area contributed by atoms with E-state index in [1.54, 1.807) is 6.07 Å². The number of anilines is 1. The quantitative estimate of drug-likeness (QED) is 0.654. The molecule has 1 aromatic heterocycles. The van der Waals surface area contributed by atoms with Crippen LogP contribution in [-0.2, 0) is 4.79 Å². The number of hydrogen-bond acceptors (Lipinski definition) is 4. The zero-order chi connectivity index (χ0) is 8.60. The van der Waals surface area contributed by atoms with Crippen LogP contribution in [0.15, 0.2) is 16.9 Å². The van der Waals surface area contributed by atoms with Gasteiger partial charge in [-0.15, -0.1) is 0 Å². The number of nitrogens with two attached hydrogens (primary N) is 1. The zero-order valence-corrected chi connectivity index (χ0v) is 6.41. The van der Waals surface area contributed by atoms with Gasteiger partial charge in [0.2, 0.25) is 5.91 Å². The number of carbonyl (C=O) groups excluding carboxylic acids is 1. The maximum absolute atomic E-state index is 11.3. The average Bonchev–Trinajstić information content (AvgIpc) is 2.63. The molecule has 1 aliphatic rings. The molecule has 1 saturated carbocycles. The highest BCUT2D eigenvalue weighted by Crippen LogP contribution is 2.33. The monoisotopic (exact) mass is 167 g/mol. The van der Waals surface area contributed by atoms with Crippen molar-refractivity contribution in [1.82, 2.24) is 5.16 Å². The minimum Gasteiger partial charge on any atom is -0.363 e. The molecule has 5 nitrogen and oxygen atoms in total. The van der Waals surface area contributed by atoms with Crippen LogP contribution in [0.4, 0.5) is 5.82 Å². The lowest BCUT2D eigenvalue weighted by molar-refractivity contribution is -0.118. The predicted octanol–water partition coefficient (Wildman–Crippen LogP) is 0.104. The first-order chi connectivity index (χ1) is 5.71. The summed E-state index contributed by atoms with van der Waals surface area (Å²) in [6.07, 6.45) is 2.89. The van der Waals surface area contributed by atoms with Gasteiger partial charge in [-0.2, -0.15) is 0 Å².